The zero-order valence-corrected chi connectivity index (χ0v) is 8.84. The fourth-order valence-electron chi connectivity index (χ4n) is 1.40. The van der Waals surface area contributed by atoms with Crippen molar-refractivity contribution in [1.29, 1.82) is 0 Å². The Bertz CT molecular complexity index is 420. The topological polar surface area (TPSA) is 38.9 Å². The van der Waals surface area contributed by atoms with Gasteiger partial charge in [-0.2, -0.15) is 0 Å². The molecule has 0 fully saturated rings. The number of nitrogens with zero attached hydrogens (tertiary/aromatic N) is 1. The van der Waals surface area contributed by atoms with Gasteiger partial charge in [-0.25, -0.2) is 4.98 Å². The van der Waals surface area contributed by atoms with Gasteiger partial charge in [-0.15, -0.1) is 11.3 Å². The fourth-order valence-corrected chi connectivity index (χ4v) is 2.26. The van der Waals surface area contributed by atoms with Crippen molar-refractivity contribution in [3.63, 3.8) is 0 Å². The third kappa shape index (κ3) is 1.93. The predicted molar refractivity (Wildman–Crippen MR) is 60.5 cm³/mol. The number of aryl methyl sites for hydroxylation is 1. The van der Waals surface area contributed by atoms with Crippen LogP contribution in [0.1, 0.15) is 16.1 Å². The molecular formula is C11H12N2S. The number of aromatic nitrogens is 1. The van der Waals surface area contributed by atoms with Gasteiger partial charge in [-0.3, -0.25) is 0 Å². The van der Waals surface area contributed by atoms with Crippen LogP contribution in [0.15, 0.2) is 30.3 Å². The molecule has 14 heavy (non-hydrogen) atoms. The molecule has 0 bridgehead atoms. The van der Waals surface area contributed by atoms with Crippen LogP contribution in [0.5, 0.6) is 0 Å². The molecule has 0 aliphatic heterocycles. The Balaban J connectivity index is 2.23. The molecule has 1 aromatic heterocycles. The van der Waals surface area contributed by atoms with E-state index in [2.05, 4.69) is 29.2 Å². The lowest BCUT2D eigenvalue weighted by atomic mass is 10.1. The lowest BCUT2D eigenvalue weighted by molar-refractivity contribution is 1.15. The van der Waals surface area contributed by atoms with Crippen LogP contribution >= 0.6 is 11.3 Å². The maximum atomic E-state index is 5.64. The van der Waals surface area contributed by atoms with Crippen LogP contribution in [0.3, 0.4) is 0 Å². The summed E-state index contributed by atoms with van der Waals surface area (Å²) >= 11 is 1.58. The number of hydrogen-bond acceptors (Lipinski definition) is 3. The second-order valence-electron chi connectivity index (χ2n) is 3.22. The maximum Gasteiger partial charge on any atom is 0.180 e. The van der Waals surface area contributed by atoms with E-state index >= 15 is 0 Å². The van der Waals surface area contributed by atoms with E-state index in [1.54, 1.807) is 11.3 Å². The minimum atomic E-state index is 0.661. The van der Waals surface area contributed by atoms with Crippen molar-refractivity contribution in [2.45, 2.75) is 13.3 Å². The van der Waals surface area contributed by atoms with E-state index in [1.165, 1.54) is 10.4 Å². The molecule has 72 valence electrons. The molecular weight excluding hydrogens is 192 g/mol. The number of nitrogens with two attached hydrogens (primary N) is 1. The van der Waals surface area contributed by atoms with E-state index in [4.69, 9.17) is 5.73 Å². The Kier molecular flexibility index (Phi) is 2.50. The van der Waals surface area contributed by atoms with Crippen molar-refractivity contribution in [3.8, 4) is 0 Å². The van der Waals surface area contributed by atoms with Gasteiger partial charge in [0.1, 0.15) is 0 Å². The number of benzene rings is 1. The average molecular weight is 204 g/mol. The summed E-state index contributed by atoms with van der Waals surface area (Å²) in [6.45, 7) is 2.01. The summed E-state index contributed by atoms with van der Waals surface area (Å²) < 4.78 is 0. The SMILES string of the molecule is Cc1nc(N)sc1Cc1ccccc1. The molecule has 0 amide bonds. The highest BCUT2D eigenvalue weighted by molar-refractivity contribution is 7.15. The van der Waals surface area contributed by atoms with E-state index < -0.39 is 0 Å². The number of anilines is 1. The molecule has 1 aromatic carbocycles. The van der Waals surface area contributed by atoms with Crippen molar-refractivity contribution in [1.82, 2.24) is 4.98 Å². The monoisotopic (exact) mass is 204 g/mol. The standard InChI is InChI=1S/C11H12N2S/c1-8-10(14-11(12)13-8)7-9-5-3-2-4-6-9/h2-6H,7H2,1H3,(H2,12,13). The quantitative estimate of drug-likeness (QED) is 0.816. The molecule has 0 saturated carbocycles. The maximum absolute atomic E-state index is 5.64. The Hall–Kier alpha value is -1.35. The third-order valence-electron chi connectivity index (χ3n) is 2.12. The van der Waals surface area contributed by atoms with E-state index in [9.17, 15) is 0 Å². The molecule has 0 atom stereocenters. The Morgan fingerprint density at radius 3 is 2.57 bits per heavy atom. The Morgan fingerprint density at radius 1 is 1.29 bits per heavy atom. The van der Waals surface area contributed by atoms with Gasteiger partial charge in [0.25, 0.3) is 0 Å². The predicted octanol–water partition coefficient (Wildman–Crippen LogP) is 2.62. The van der Waals surface area contributed by atoms with Crippen molar-refractivity contribution in [2.24, 2.45) is 0 Å². The zero-order chi connectivity index (χ0) is 9.97. The van der Waals surface area contributed by atoms with Gasteiger partial charge in [0.2, 0.25) is 0 Å². The van der Waals surface area contributed by atoms with E-state index in [0.29, 0.717) is 5.13 Å². The molecule has 1 heterocycles. The molecule has 3 heteroatoms. The first-order valence-corrected chi connectivity index (χ1v) is 5.33. The number of rotatable bonds is 2. The summed E-state index contributed by atoms with van der Waals surface area (Å²) in [6.07, 6.45) is 0.932. The van der Waals surface area contributed by atoms with Crippen molar-refractivity contribution in [3.05, 3.63) is 46.5 Å². The first-order chi connectivity index (χ1) is 6.75. The first kappa shape index (κ1) is 9.21. The lowest BCUT2D eigenvalue weighted by Crippen LogP contribution is -1.86. The van der Waals surface area contributed by atoms with Gasteiger partial charge >= 0.3 is 0 Å². The fraction of sp³-hybridized carbons (Fsp3) is 0.182. The van der Waals surface area contributed by atoms with Crippen molar-refractivity contribution >= 4 is 16.5 Å². The average Bonchev–Trinajstić information content (AvgIpc) is 2.47. The highest BCUT2D eigenvalue weighted by Crippen LogP contribution is 2.22. The highest BCUT2D eigenvalue weighted by Gasteiger charge is 2.05. The van der Waals surface area contributed by atoms with Crippen LogP contribution in [0.25, 0.3) is 0 Å². The molecule has 0 saturated heterocycles. The van der Waals surface area contributed by atoms with Crippen LogP contribution in [0, 0.1) is 6.92 Å². The number of thiazole rings is 1. The molecule has 0 radical (unpaired) electrons. The molecule has 2 rings (SSSR count). The van der Waals surface area contributed by atoms with E-state index in [-0.39, 0.29) is 0 Å². The van der Waals surface area contributed by atoms with Crippen LogP contribution in [-0.2, 0) is 6.42 Å². The van der Waals surface area contributed by atoms with Crippen LogP contribution < -0.4 is 5.73 Å². The minimum Gasteiger partial charge on any atom is -0.375 e. The molecule has 0 spiro atoms. The third-order valence-corrected chi connectivity index (χ3v) is 3.10. The van der Waals surface area contributed by atoms with E-state index in [1.807, 2.05) is 13.0 Å². The minimum absolute atomic E-state index is 0.661. The highest BCUT2D eigenvalue weighted by atomic mass is 32.1. The van der Waals surface area contributed by atoms with Crippen molar-refractivity contribution in [2.75, 3.05) is 5.73 Å². The second-order valence-corrected chi connectivity index (χ2v) is 4.34. The number of hydrogen-bond donors (Lipinski definition) is 1. The van der Waals surface area contributed by atoms with Gasteiger partial charge in [-0.05, 0) is 12.5 Å². The smallest absolute Gasteiger partial charge is 0.180 e. The summed E-state index contributed by atoms with van der Waals surface area (Å²) in [6, 6.07) is 10.4. The van der Waals surface area contributed by atoms with Gasteiger partial charge in [0, 0.05) is 11.3 Å². The summed E-state index contributed by atoms with van der Waals surface area (Å²) in [7, 11) is 0. The van der Waals surface area contributed by atoms with Gasteiger partial charge in [0.05, 0.1) is 5.69 Å². The van der Waals surface area contributed by atoms with Crippen LogP contribution in [0.4, 0.5) is 5.13 Å². The summed E-state index contributed by atoms with van der Waals surface area (Å²) in [4.78, 5) is 5.46. The van der Waals surface area contributed by atoms with Gasteiger partial charge < -0.3 is 5.73 Å². The van der Waals surface area contributed by atoms with Gasteiger partial charge in [-0.1, -0.05) is 30.3 Å². The largest absolute Gasteiger partial charge is 0.375 e. The lowest BCUT2D eigenvalue weighted by Gasteiger charge is -1.98. The second kappa shape index (κ2) is 3.80. The Morgan fingerprint density at radius 2 is 2.00 bits per heavy atom. The molecule has 0 aliphatic rings. The van der Waals surface area contributed by atoms with Crippen LogP contribution in [0.2, 0.25) is 0 Å². The normalized spacial score (nSPS) is 10.4. The zero-order valence-electron chi connectivity index (χ0n) is 8.03. The Labute approximate surface area is 87.4 Å². The molecule has 2 N–H and O–H groups in total. The molecule has 2 aromatic rings. The molecule has 0 unspecified atom stereocenters. The molecule has 0 aliphatic carbocycles. The van der Waals surface area contributed by atoms with Gasteiger partial charge in [0.15, 0.2) is 5.13 Å². The summed E-state index contributed by atoms with van der Waals surface area (Å²) in [5, 5.41) is 0.661. The van der Waals surface area contributed by atoms with E-state index in [0.717, 1.165) is 12.1 Å². The number of nitrogen functional groups attached to an aromatic ring is 1. The summed E-state index contributed by atoms with van der Waals surface area (Å²) in [5.74, 6) is 0. The summed E-state index contributed by atoms with van der Waals surface area (Å²) in [5.41, 5.74) is 8.00. The van der Waals surface area contributed by atoms with Crippen molar-refractivity contribution < 1.29 is 0 Å². The van der Waals surface area contributed by atoms with Crippen LogP contribution in [-0.4, -0.2) is 4.98 Å². The molecule has 2 nitrogen and oxygen atoms in total. The first-order valence-electron chi connectivity index (χ1n) is 4.51.